The zero-order chi connectivity index (χ0) is 17.5. The van der Waals surface area contributed by atoms with Crippen molar-refractivity contribution < 1.29 is 19.0 Å². The highest BCUT2D eigenvalue weighted by Crippen LogP contribution is 2.28. The van der Waals surface area contributed by atoms with Crippen LogP contribution in [0.1, 0.15) is 5.56 Å². The molecule has 24 heavy (non-hydrogen) atoms. The van der Waals surface area contributed by atoms with E-state index in [4.69, 9.17) is 37.4 Å². The van der Waals surface area contributed by atoms with Gasteiger partial charge in [-0.05, 0) is 35.9 Å². The molecule has 0 saturated heterocycles. The van der Waals surface area contributed by atoms with Crippen LogP contribution in [0.4, 0.5) is 0 Å². The fourth-order valence-electron chi connectivity index (χ4n) is 1.98. The lowest BCUT2D eigenvalue weighted by Crippen LogP contribution is -2.28. The number of nitrogens with one attached hydrogen (secondary N) is 1. The fraction of sp³-hybridized carbons (Fsp3) is 0.235. The molecule has 0 bridgehead atoms. The average molecular weight is 370 g/mol. The molecule has 0 radical (unpaired) electrons. The zero-order valence-electron chi connectivity index (χ0n) is 13.3. The van der Waals surface area contributed by atoms with E-state index in [1.165, 1.54) is 0 Å². The largest absolute Gasteiger partial charge is 0.493 e. The Bertz CT molecular complexity index is 722. The Labute approximate surface area is 150 Å². The topological polar surface area (TPSA) is 56.8 Å². The fourth-order valence-corrected chi connectivity index (χ4v) is 2.44. The molecule has 1 N–H and O–H groups in total. The maximum absolute atomic E-state index is 11.9. The first kappa shape index (κ1) is 18.2. The van der Waals surface area contributed by atoms with Gasteiger partial charge in [0.15, 0.2) is 18.1 Å². The number of hydrogen-bond acceptors (Lipinski definition) is 4. The molecular weight excluding hydrogens is 353 g/mol. The van der Waals surface area contributed by atoms with Crippen LogP contribution in [0.5, 0.6) is 17.2 Å². The first-order chi connectivity index (χ1) is 11.5. The summed E-state index contributed by atoms with van der Waals surface area (Å²) in [6.07, 6.45) is 0. The minimum Gasteiger partial charge on any atom is -0.493 e. The van der Waals surface area contributed by atoms with Crippen molar-refractivity contribution >= 4 is 29.1 Å². The molecule has 0 saturated carbocycles. The van der Waals surface area contributed by atoms with Gasteiger partial charge in [0, 0.05) is 11.6 Å². The van der Waals surface area contributed by atoms with Crippen molar-refractivity contribution in [2.75, 3.05) is 20.8 Å². The van der Waals surface area contributed by atoms with Crippen LogP contribution >= 0.6 is 23.2 Å². The second kappa shape index (κ2) is 8.66. The van der Waals surface area contributed by atoms with Gasteiger partial charge in [-0.2, -0.15) is 0 Å². The minimum absolute atomic E-state index is 0.144. The standard InChI is InChI=1S/C17H17Cl2NO4/c1-22-15-5-3-11(7-16(15)23-2)9-20-17(21)10-24-14-6-4-12(18)8-13(14)19/h3-8H,9-10H2,1-2H3,(H,20,21). The molecule has 0 aromatic heterocycles. The van der Waals surface area contributed by atoms with Gasteiger partial charge in [0.2, 0.25) is 0 Å². The molecule has 7 heteroatoms. The third-order valence-corrected chi connectivity index (χ3v) is 3.72. The number of methoxy groups -OCH3 is 2. The number of carbonyl (C=O) groups is 1. The lowest BCUT2D eigenvalue weighted by Gasteiger charge is -2.11. The summed E-state index contributed by atoms with van der Waals surface area (Å²) in [6.45, 7) is 0.200. The highest BCUT2D eigenvalue weighted by atomic mass is 35.5. The van der Waals surface area contributed by atoms with Crippen LogP contribution in [0.25, 0.3) is 0 Å². The number of amides is 1. The molecule has 0 atom stereocenters. The Kier molecular flexibility index (Phi) is 6.58. The molecule has 1 amide bonds. The molecule has 0 aliphatic carbocycles. The molecule has 0 aliphatic rings. The second-order valence-electron chi connectivity index (χ2n) is 4.83. The summed E-state index contributed by atoms with van der Waals surface area (Å²) >= 11 is 11.8. The first-order valence-electron chi connectivity index (χ1n) is 7.09. The lowest BCUT2D eigenvalue weighted by molar-refractivity contribution is -0.123. The van der Waals surface area contributed by atoms with Gasteiger partial charge in [-0.25, -0.2) is 0 Å². The quantitative estimate of drug-likeness (QED) is 0.808. The van der Waals surface area contributed by atoms with E-state index in [0.29, 0.717) is 33.8 Å². The summed E-state index contributed by atoms with van der Waals surface area (Å²) in [5.41, 5.74) is 0.880. The maximum atomic E-state index is 11.9. The van der Waals surface area contributed by atoms with Gasteiger partial charge in [0.25, 0.3) is 5.91 Å². The number of rotatable bonds is 7. The third kappa shape index (κ3) is 4.94. The Balaban J connectivity index is 1.87. The van der Waals surface area contributed by atoms with Crippen LogP contribution in [0.15, 0.2) is 36.4 Å². The predicted octanol–water partition coefficient (Wildman–Crippen LogP) is 3.71. The van der Waals surface area contributed by atoms with E-state index in [9.17, 15) is 4.79 Å². The minimum atomic E-state index is -0.268. The summed E-state index contributed by atoms with van der Waals surface area (Å²) in [4.78, 5) is 11.9. The van der Waals surface area contributed by atoms with E-state index in [1.807, 2.05) is 6.07 Å². The van der Waals surface area contributed by atoms with E-state index >= 15 is 0 Å². The molecule has 2 rings (SSSR count). The van der Waals surface area contributed by atoms with Crippen LogP contribution in [0.2, 0.25) is 10.0 Å². The molecule has 0 aliphatic heterocycles. The predicted molar refractivity (Wildman–Crippen MR) is 93.3 cm³/mol. The van der Waals surface area contributed by atoms with Crippen molar-refractivity contribution in [2.45, 2.75) is 6.54 Å². The smallest absolute Gasteiger partial charge is 0.258 e. The van der Waals surface area contributed by atoms with Gasteiger partial charge in [0.1, 0.15) is 5.75 Å². The average Bonchev–Trinajstić information content (AvgIpc) is 2.58. The monoisotopic (exact) mass is 369 g/mol. The van der Waals surface area contributed by atoms with E-state index < -0.39 is 0 Å². The van der Waals surface area contributed by atoms with Gasteiger partial charge < -0.3 is 19.5 Å². The van der Waals surface area contributed by atoms with Gasteiger partial charge in [-0.15, -0.1) is 0 Å². The lowest BCUT2D eigenvalue weighted by atomic mass is 10.2. The van der Waals surface area contributed by atoms with Crippen LogP contribution in [-0.4, -0.2) is 26.7 Å². The molecular formula is C17H17Cl2NO4. The normalized spacial score (nSPS) is 10.2. The highest BCUT2D eigenvalue weighted by Gasteiger charge is 2.08. The molecule has 0 unspecified atom stereocenters. The Hall–Kier alpha value is -2.11. The van der Waals surface area contributed by atoms with Crippen molar-refractivity contribution in [2.24, 2.45) is 0 Å². The first-order valence-corrected chi connectivity index (χ1v) is 7.84. The van der Waals surface area contributed by atoms with Gasteiger partial charge in [-0.1, -0.05) is 29.3 Å². The van der Waals surface area contributed by atoms with Crippen LogP contribution in [-0.2, 0) is 11.3 Å². The summed E-state index contributed by atoms with van der Waals surface area (Å²) in [5, 5.41) is 3.62. The maximum Gasteiger partial charge on any atom is 0.258 e. The van der Waals surface area contributed by atoms with Gasteiger partial charge in [0.05, 0.1) is 19.2 Å². The molecule has 0 spiro atoms. The molecule has 5 nitrogen and oxygen atoms in total. The van der Waals surface area contributed by atoms with E-state index in [-0.39, 0.29) is 12.5 Å². The summed E-state index contributed by atoms with van der Waals surface area (Å²) in [7, 11) is 3.13. The number of halogens is 2. The SMILES string of the molecule is COc1ccc(CNC(=O)COc2ccc(Cl)cc2Cl)cc1OC. The van der Waals surface area contributed by atoms with Crippen molar-refractivity contribution in [3.63, 3.8) is 0 Å². The third-order valence-electron chi connectivity index (χ3n) is 3.19. The summed E-state index contributed by atoms with van der Waals surface area (Å²) in [5.74, 6) is 1.37. The summed E-state index contributed by atoms with van der Waals surface area (Å²) in [6, 6.07) is 10.2. The molecule has 2 aromatic rings. The van der Waals surface area contributed by atoms with E-state index in [1.54, 1.807) is 44.6 Å². The molecule has 128 valence electrons. The highest BCUT2D eigenvalue weighted by molar-refractivity contribution is 6.35. The molecule has 0 fully saturated rings. The van der Waals surface area contributed by atoms with Crippen molar-refractivity contribution in [3.05, 3.63) is 52.0 Å². The van der Waals surface area contributed by atoms with Crippen molar-refractivity contribution in [1.82, 2.24) is 5.32 Å². The van der Waals surface area contributed by atoms with Crippen LogP contribution in [0, 0.1) is 0 Å². The Morgan fingerprint density at radius 2 is 1.71 bits per heavy atom. The number of carbonyl (C=O) groups excluding carboxylic acids is 1. The Morgan fingerprint density at radius 1 is 1.00 bits per heavy atom. The number of ether oxygens (including phenoxy) is 3. The van der Waals surface area contributed by atoms with Crippen LogP contribution in [0.3, 0.4) is 0 Å². The van der Waals surface area contributed by atoms with Crippen molar-refractivity contribution in [1.29, 1.82) is 0 Å². The Morgan fingerprint density at radius 3 is 2.38 bits per heavy atom. The second-order valence-corrected chi connectivity index (χ2v) is 5.67. The summed E-state index contributed by atoms with van der Waals surface area (Å²) < 4.78 is 15.8. The van der Waals surface area contributed by atoms with Gasteiger partial charge in [-0.3, -0.25) is 4.79 Å². The van der Waals surface area contributed by atoms with E-state index in [2.05, 4.69) is 5.32 Å². The van der Waals surface area contributed by atoms with Gasteiger partial charge >= 0.3 is 0 Å². The molecule has 2 aromatic carbocycles. The van der Waals surface area contributed by atoms with E-state index in [0.717, 1.165) is 5.56 Å². The van der Waals surface area contributed by atoms with Crippen LogP contribution < -0.4 is 19.5 Å². The zero-order valence-corrected chi connectivity index (χ0v) is 14.8. The number of benzene rings is 2. The number of hydrogen-bond donors (Lipinski definition) is 1. The van der Waals surface area contributed by atoms with Crippen molar-refractivity contribution in [3.8, 4) is 17.2 Å². The molecule has 0 heterocycles.